The highest BCUT2D eigenvalue weighted by Gasteiger charge is 1.94. The van der Waals surface area contributed by atoms with Gasteiger partial charge in [0.25, 0.3) is 0 Å². The maximum atomic E-state index is 13.0. The van der Waals surface area contributed by atoms with E-state index < -0.39 is 0 Å². The molecule has 0 unspecified atom stereocenters. The van der Waals surface area contributed by atoms with Crippen molar-refractivity contribution in [2.75, 3.05) is 0 Å². The molecule has 0 amide bonds. The van der Waals surface area contributed by atoms with Crippen molar-refractivity contribution in [1.82, 2.24) is 0 Å². The standard InChI is InChI=1S/C14H18FN/c1-4-6-7-9-14(16)11-12(3)10-13(15)8-5-2/h4-10H,1,3,11,16H2,2H3/b7-6-,8-5-,13-10+,14-9+. The fourth-order valence-corrected chi connectivity index (χ4v) is 1.03. The normalized spacial score (nSPS) is 13.6. The van der Waals surface area contributed by atoms with Gasteiger partial charge in [0.15, 0.2) is 0 Å². The van der Waals surface area contributed by atoms with E-state index in [1.165, 1.54) is 12.2 Å². The zero-order chi connectivity index (χ0) is 12.4. The molecule has 2 N–H and O–H groups in total. The SMILES string of the molecule is C=C/C=C\C=C(\N)CC(=C)/C=C(F)\C=C/C. The first-order valence-electron chi connectivity index (χ1n) is 5.01. The van der Waals surface area contributed by atoms with Crippen LogP contribution in [0.4, 0.5) is 4.39 Å². The summed E-state index contributed by atoms with van der Waals surface area (Å²) in [4.78, 5) is 0. The Morgan fingerprint density at radius 2 is 2.06 bits per heavy atom. The Hall–Kier alpha value is -1.83. The average Bonchev–Trinajstić information content (AvgIpc) is 2.17. The van der Waals surface area contributed by atoms with Crippen molar-refractivity contribution in [2.24, 2.45) is 5.73 Å². The van der Waals surface area contributed by atoms with Gasteiger partial charge in [0.05, 0.1) is 0 Å². The van der Waals surface area contributed by atoms with Gasteiger partial charge in [-0.25, -0.2) is 4.39 Å². The first kappa shape index (κ1) is 14.2. The zero-order valence-electron chi connectivity index (χ0n) is 9.62. The third-order valence-electron chi connectivity index (χ3n) is 1.66. The van der Waals surface area contributed by atoms with Crippen LogP contribution in [0.2, 0.25) is 0 Å². The third-order valence-corrected chi connectivity index (χ3v) is 1.66. The monoisotopic (exact) mass is 219 g/mol. The van der Waals surface area contributed by atoms with Crippen molar-refractivity contribution in [3.63, 3.8) is 0 Å². The molecule has 0 saturated carbocycles. The molecule has 0 spiro atoms. The van der Waals surface area contributed by atoms with Crippen LogP contribution in [0.3, 0.4) is 0 Å². The van der Waals surface area contributed by atoms with Gasteiger partial charge in [-0.15, -0.1) is 0 Å². The Morgan fingerprint density at radius 3 is 2.62 bits per heavy atom. The van der Waals surface area contributed by atoms with Crippen molar-refractivity contribution in [1.29, 1.82) is 0 Å². The maximum Gasteiger partial charge on any atom is 0.123 e. The second-order valence-electron chi connectivity index (χ2n) is 3.23. The molecule has 0 atom stereocenters. The number of hydrogen-bond donors (Lipinski definition) is 1. The molecule has 0 bridgehead atoms. The summed E-state index contributed by atoms with van der Waals surface area (Å²) in [7, 11) is 0. The number of hydrogen-bond acceptors (Lipinski definition) is 1. The molecule has 0 heterocycles. The van der Waals surface area contributed by atoms with E-state index in [0.717, 1.165) is 0 Å². The zero-order valence-corrected chi connectivity index (χ0v) is 9.62. The lowest BCUT2D eigenvalue weighted by atomic mass is 10.1. The molecular formula is C14H18FN. The fraction of sp³-hybridized carbons (Fsp3) is 0.143. The molecule has 0 aromatic heterocycles. The topological polar surface area (TPSA) is 26.0 Å². The molecule has 0 radical (unpaired) electrons. The van der Waals surface area contributed by atoms with Gasteiger partial charge in [-0.05, 0) is 30.7 Å². The first-order valence-corrected chi connectivity index (χ1v) is 5.01. The summed E-state index contributed by atoms with van der Waals surface area (Å²) in [5, 5.41) is 0. The third kappa shape index (κ3) is 7.56. The summed E-state index contributed by atoms with van der Waals surface area (Å²) in [5.74, 6) is -0.318. The van der Waals surface area contributed by atoms with E-state index in [4.69, 9.17) is 5.73 Å². The lowest BCUT2D eigenvalue weighted by molar-refractivity contribution is 0.665. The Labute approximate surface area is 96.9 Å². The van der Waals surface area contributed by atoms with Gasteiger partial charge in [-0.3, -0.25) is 0 Å². The van der Waals surface area contributed by atoms with E-state index in [1.54, 1.807) is 37.3 Å². The highest BCUT2D eigenvalue weighted by atomic mass is 19.1. The number of halogens is 1. The van der Waals surface area contributed by atoms with Crippen LogP contribution in [0.15, 0.2) is 72.8 Å². The molecule has 16 heavy (non-hydrogen) atoms. The molecule has 1 nitrogen and oxygen atoms in total. The molecule has 0 rings (SSSR count). The largest absolute Gasteiger partial charge is 0.402 e. The predicted molar refractivity (Wildman–Crippen MR) is 69.4 cm³/mol. The minimum absolute atomic E-state index is 0.318. The van der Waals surface area contributed by atoms with Crippen LogP contribution in [0.25, 0.3) is 0 Å². The molecule has 0 aliphatic rings. The van der Waals surface area contributed by atoms with Crippen LogP contribution >= 0.6 is 0 Å². The number of rotatable bonds is 6. The van der Waals surface area contributed by atoms with Crippen LogP contribution in [-0.2, 0) is 0 Å². The molecule has 0 fully saturated rings. The van der Waals surface area contributed by atoms with Gasteiger partial charge in [-0.2, -0.15) is 0 Å². The molecule has 2 heteroatoms. The molecule has 0 aromatic rings. The van der Waals surface area contributed by atoms with Crippen LogP contribution in [0.1, 0.15) is 13.3 Å². The van der Waals surface area contributed by atoms with Gasteiger partial charge >= 0.3 is 0 Å². The quantitative estimate of drug-likeness (QED) is 0.672. The minimum Gasteiger partial charge on any atom is -0.402 e. The second-order valence-corrected chi connectivity index (χ2v) is 3.23. The summed E-state index contributed by atoms with van der Waals surface area (Å²) in [6, 6.07) is 0. The van der Waals surface area contributed by atoms with Gasteiger partial charge in [-0.1, -0.05) is 37.5 Å². The predicted octanol–water partition coefficient (Wildman–Crippen LogP) is 3.95. The van der Waals surface area contributed by atoms with E-state index in [-0.39, 0.29) is 5.83 Å². The summed E-state index contributed by atoms with van der Waals surface area (Å²) in [5.41, 5.74) is 6.98. The van der Waals surface area contributed by atoms with Crippen LogP contribution in [0.5, 0.6) is 0 Å². The van der Waals surface area contributed by atoms with Crippen LogP contribution < -0.4 is 5.73 Å². The van der Waals surface area contributed by atoms with Crippen LogP contribution in [0, 0.1) is 0 Å². The van der Waals surface area contributed by atoms with Crippen molar-refractivity contribution < 1.29 is 4.39 Å². The molecular weight excluding hydrogens is 201 g/mol. The van der Waals surface area contributed by atoms with Gasteiger partial charge in [0, 0.05) is 12.1 Å². The molecule has 0 aliphatic heterocycles. The summed E-state index contributed by atoms with van der Waals surface area (Å²) in [6.45, 7) is 9.02. The van der Waals surface area contributed by atoms with Gasteiger partial charge in [0.2, 0.25) is 0 Å². The summed E-state index contributed by atoms with van der Waals surface area (Å²) >= 11 is 0. The van der Waals surface area contributed by atoms with E-state index >= 15 is 0 Å². The molecule has 0 saturated heterocycles. The Bertz CT molecular complexity index is 357. The molecule has 86 valence electrons. The Kier molecular flexibility index (Phi) is 7.51. The lowest BCUT2D eigenvalue weighted by Crippen LogP contribution is -1.97. The first-order chi connectivity index (χ1) is 7.60. The number of allylic oxidation sites excluding steroid dienone is 9. The minimum atomic E-state index is -0.318. The molecule has 0 aromatic carbocycles. The van der Waals surface area contributed by atoms with E-state index in [1.807, 2.05) is 0 Å². The Balaban J connectivity index is 4.35. The van der Waals surface area contributed by atoms with Crippen molar-refractivity contribution >= 4 is 0 Å². The maximum absolute atomic E-state index is 13.0. The van der Waals surface area contributed by atoms with Crippen molar-refractivity contribution in [3.8, 4) is 0 Å². The lowest BCUT2D eigenvalue weighted by Gasteiger charge is -1.99. The van der Waals surface area contributed by atoms with E-state index in [0.29, 0.717) is 17.7 Å². The summed E-state index contributed by atoms with van der Waals surface area (Å²) in [6.07, 6.45) is 11.8. The Morgan fingerprint density at radius 1 is 1.38 bits per heavy atom. The van der Waals surface area contributed by atoms with E-state index in [9.17, 15) is 4.39 Å². The fourth-order valence-electron chi connectivity index (χ4n) is 1.03. The van der Waals surface area contributed by atoms with Gasteiger partial charge in [0.1, 0.15) is 5.83 Å². The smallest absolute Gasteiger partial charge is 0.123 e. The van der Waals surface area contributed by atoms with Gasteiger partial charge < -0.3 is 5.73 Å². The van der Waals surface area contributed by atoms with E-state index in [2.05, 4.69) is 13.2 Å². The average molecular weight is 219 g/mol. The highest BCUT2D eigenvalue weighted by molar-refractivity contribution is 5.28. The van der Waals surface area contributed by atoms with Crippen molar-refractivity contribution in [3.05, 3.63) is 72.8 Å². The van der Waals surface area contributed by atoms with Crippen molar-refractivity contribution in [2.45, 2.75) is 13.3 Å². The summed E-state index contributed by atoms with van der Waals surface area (Å²) < 4.78 is 13.0. The van der Waals surface area contributed by atoms with Crippen LogP contribution in [-0.4, -0.2) is 0 Å². The number of nitrogens with two attached hydrogens (primary N) is 1. The highest BCUT2D eigenvalue weighted by Crippen LogP contribution is 2.10. The second kappa shape index (κ2) is 8.48. The molecule has 0 aliphatic carbocycles.